The number of hydrogen-bond acceptors (Lipinski definition) is 25. The maximum atomic E-state index is 14.7. The summed E-state index contributed by atoms with van der Waals surface area (Å²) >= 11 is 2.55. The first-order valence-electron chi connectivity index (χ1n) is 43.0. The van der Waals surface area contributed by atoms with Crippen LogP contribution in [0.5, 0.6) is 5.75 Å². The average molecular weight is 1890 g/mol. The molecule has 8 atom stereocenters. The van der Waals surface area contributed by atoms with Crippen LogP contribution in [0.3, 0.4) is 0 Å². The largest absolute Gasteiger partial charge is 0.481 e. The number of aromatic amines is 1. The number of aromatic nitrogens is 1. The maximum absolute atomic E-state index is 14.7. The van der Waals surface area contributed by atoms with Crippen molar-refractivity contribution in [1.29, 1.82) is 0 Å². The van der Waals surface area contributed by atoms with Crippen molar-refractivity contribution in [2.24, 2.45) is 5.73 Å². The molecule has 0 fully saturated rings. The minimum Gasteiger partial charge on any atom is -0.481 e. The van der Waals surface area contributed by atoms with Crippen LogP contribution in [0.15, 0.2) is 85.1 Å². The Labute approximate surface area is 764 Å². The minimum absolute atomic E-state index is 0.0107. The van der Waals surface area contributed by atoms with E-state index in [1.807, 2.05) is 0 Å². The molecule has 44 heteroatoms. The zero-order valence-electron chi connectivity index (χ0n) is 73.9. The summed E-state index contributed by atoms with van der Waals surface area (Å²) in [6.45, 7) is -1.90. The fourth-order valence-electron chi connectivity index (χ4n) is 13.5. The smallest absolute Gasteiger partial charge is 0.446 e. The van der Waals surface area contributed by atoms with Crippen molar-refractivity contribution in [2.75, 3.05) is 111 Å². The topological polar surface area (TPSA) is 611 Å². The molecule has 4 aromatic rings. The van der Waals surface area contributed by atoms with Gasteiger partial charge in [0.05, 0.1) is 59.0 Å². The van der Waals surface area contributed by atoms with Gasteiger partial charge in [-0.05, 0) is 91.0 Å². The lowest BCUT2D eigenvalue weighted by atomic mass is 10.0. The van der Waals surface area contributed by atoms with Crippen molar-refractivity contribution < 1.29 is 133 Å². The van der Waals surface area contributed by atoms with E-state index >= 15 is 0 Å². The first-order chi connectivity index (χ1) is 62.1. The Hall–Kier alpha value is -11.0. The number of para-hydroxylation sites is 1. The number of fused-ring (bicyclic) bond motifs is 1. The molecule has 0 bridgehead atoms. The van der Waals surface area contributed by atoms with E-state index in [1.54, 1.807) is 73.3 Å². The lowest BCUT2D eigenvalue weighted by Crippen LogP contribution is -2.60. The number of carbonyl (C=O) groups is 16. The molecule has 0 aliphatic rings. The van der Waals surface area contributed by atoms with Crippen LogP contribution in [0.4, 0.5) is 0 Å². The summed E-state index contributed by atoms with van der Waals surface area (Å²) in [5.74, 6) is -15.2. The van der Waals surface area contributed by atoms with Gasteiger partial charge in [-0.1, -0.05) is 138 Å². The van der Waals surface area contributed by atoms with E-state index in [0.29, 0.717) is 28.5 Å². The van der Waals surface area contributed by atoms with Crippen molar-refractivity contribution in [3.63, 3.8) is 0 Å². The van der Waals surface area contributed by atoms with Gasteiger partial charge in [0.1, 0.15) is 67.3 Å². The van der Waals surface area contributed by atoms with Crippen molar-refractivity contribution in [1.82, 2.24) is 62.6 Å². The lowest BCUT2D eigenvalue weighted by Gasteiger charge is -2.35. The molecule has 12 amide bonds. The second-order valence-corrected chi connectivity index (χ2v) is 33.7. The first-order valence-corrected chi connectivity index (χ1v) is 47.2. The van der Waals surface area contributed by atoms with Gasteiger partial charge in [0.25, 0.3) is 0 Å². The number of amides is 12. The molecule has 0 spiro atoms. The summed E-state index contributed by atoms with van der Waals surface area (Å²) in [7, 11) is -2.57. The number of likely N-dealkylation sites (N-methyl/N-ethyl adjacent to an activating group) is 2. The van der Waals surface area contributed by atoms with E-state index in [9.17, 15) is 105 Å². The van der Waals surface area contributed by atoms with Gasteiger partial charge in [-0.25, -0.2) is 4.79 Å². The third kappa shape index (κ3) is 47.0. The summed E-state index contributed by atoms with van der Waals surface area (Å²) in [6.07, 6.45) is 16.7. The SMILES string of the molecule is CSCC[C@H](NC(=O)[C@H](Cc1ccc(OS(=O)(=O)O)cc1)NC(=O)[C@H](CC(=O)O)NC(=O)COCCOCCNC(=O)COCCOCCNC(=O)CC[C@H](NC(=O)CCCCCCCCCCCCCCCCC(=O)O)C(=O)O)C(=O)NCC(=O)N[C@@H](Cc1c[nH]c2ccccc12)C(=O)N[C@@H](CCSC)C(=O)N(C)[C@H](CC(=O)O)C(=O)N(C)[C@@H](Cc1ccccc1)C(N)=O. The van der Waals surface area contributed by atoms with Gasteiger partial charge in [0.15, 0.2) is 0 Å². The number of rotatable bonds is 72. The van der Waals surface area contributed by atoms with Gasteiger partial charge in [-0.2, -0.15) is 31.9 Å². The zero-order chi connectivity index (χ0) is 95.8. The normalized spacial score (nSPS) is 13.1. The van der Waals surface area contributed by atoms with Crippen molar-refractivity contribution in [3.05, 3.63) is 102 Å². The van der Waals surface area contributed by atoms with Gasteiger partial charge in [-0.15, -0.1) is 0 Å². The molecular weight excluding hydrogens is 1760 g/mol. The van der Waals surface area contributed by atoms with Crippen molar-refractivity contribution in [2.45, 2.75) is 209 Å². The maximum Gasteiger partial charge on any atom is 0.446 e. The Morgan fingerprint density at radius 1 is 0.431 bits per heavy atom. The molecule has 0 aliphatic carbocycles. The van der Waals surface area contributed by atoms with Gasteiger partial charge >= 0.3 is 34.3 Å². The molecule has 1 heterocycles. The Kier molecular flexibility index (Phi) is 54.0. The predicted octanol–water partition coefficient (Wildman–Crippen LogP) is 2.49. The summed E-state index contributed by atoms with van der Waals surface area (Å²) in [5.41, 5.74) is 7.76. The highest BCUT2D eigenvalue weighted by Gasteiger charge is 2.40. The number of H-pyrrole nitrogens is 1. The molecule has 0 saturated carbocycles. The number of carbonyl (C=O) groups excluding carboxylic acids is 12. The van der Waals surface area contributed by atoms with Gasteiger partial charge < -0.3 is 112 Å². The number of carboxylic acid groups (broad SMARTS) is 4. The van der Waals surface area contributed by atoms with Gasteiger partial charge in [0.2, 0.25) is 70.9 Å². The van der Waals surface area contributed by atoms with E-state index < -0.39 is 180 Å². The predicted molar refractivity (Wildman–Crippen MR) is 480 cm³/mol. The molecule has 130 heavy (non-hydrogen) atoms. The van der Waals surface area contributed by atoms with Crippen LogP contribution in [0.1, 0.15) is 158 Å². The number of aliphatic carboxylic acids is 4. The van der Waals surface area contributed by atoms with Gasteiger partial charge in [0, 0.05) is 82.8 Å². The molecule has 3 aromatic carbocycles. The second kappa shape index (κ2) is 63.1. The molecule has 0 saturated heterocycles. The highest BCUT2D eigenvalue weighted by molar-refractivity contribution is 7.98. The zero-order valence-corrected chi connectivity index (χ0v) is 76.3. The number of thioether (sulfide) groups is 2. The Morgan fingerprint density at radius 3 is 1.46 bits per heavy atom. The summed E-state index contributed by atoms with van der Waals surface area (Å²) in [6, 6.07) is 8.00. The van der Waals surface area contributed by atoms with Crippen LogP contribution < -0.4 is 57.8 Å². The van der Waals surface area contributed by atoms with E-state index in [0.717, 1.165) is 79.7 Å². The van der Waals surface area contributed by atoms with Crippen LogP contribution in [-0.4, -0.2) is 302 Å². The minimum atomic E-state index is -4.99. The quantitative estimate of drug-likeness (QED) is 0.0223. The highest BCUT2D eigenvalue weighted by atomic mass is 32.3. The standard InChI is InChI=1S/C86H127N13O28S3/c1-98(69(79(87)111)49-57-24-18-17-19-25-57)85(117)70(52-78(109)110)99(2)84(116)64(37-47-129-4)96-82(114)67(50-59-53-90-62-27-23-22-26-61(59)62)93-73(102)54-91-80(112)63(36-46-128-3)95-81(113)66(48-58-30-32-60(33-31-58)127-130(120,121)122)97-83(115)68(51-77(107)108)94-75(104)56-126-45-43-124-41-39-89-74(103)55-125-44-42-123-40-38-88-71(100)35-34-65(86(118)119)92-72(101)28-20-15-13-11-9-7-5-6-8-10-12-14-16-21-29-76(105)106/h17-19,22-27,30-33,53,63-70,90H,5-16,20-21,28-29,34-52,54-56H2,1-4H3,(H2,87,111)(H,88,100)(H,89,103)(H,91,112)(H,92,101)(H,93,102)(H,94,104)(H,95,113)(H,96,114)(H,97,115)(H,105,106)(H,107,108)(H,109,110)(H,118,119)(H,120,121,122)/t63-,64-,65-,66-,67-,68-,69-,70+/m0/s1. The van der Waals surface area contributed by atoms with Gasteiger partial charge in [-0.3, -0.25) is 76.5 Å². The number of carboxylic acids is 4. The molecule has 1 aromatic heterocycles. The number of unbranched alkanes of at least 4 members (excludes halogenated alkanes) is 13. The number of hydrogen-bond donors (Lipinski definition) is 16. The number of ether oxygens (including phenoxy) is 4. The molecular formula is C86H127N13O28S3. The monoisotopic (exact) mass is 1890 g/mol. The average Bonchev–Trinajstić information content (AvgIpc) is 1.58. The third-order valence-electron chi connectivity index (χ3n) is 20.4. The fraction of sp³-hybridized carbons (Fsp3) is 0.581. The van der Waals surface area contributed by atoms with Crippen molar-refractivity contribution >= 4 is 140 Å². The Balaban J connectivity index is 1.27. The Bertz CT molecular complexity index is 4380. The second-order valence-electron chi connectivity index (χ2n) is 30.7. The van der Waals surface area contributed by atoms with E-state index in [4.69, 9.17) is 29.8 Å². The van der Waals surface area contributed by atoms with Crippen LogP contribution >= 0.6 is 23.5 Å². The fourth-order valence-corrected chi connectivity index (χ4v) is 14.8. The molecule has 0 radical (unpaired) electrons. The summed E-state index contributed by atoms with van der Waals surface area (Å²) in [5, 5.41) is 61.7. The molecule has 4 rings (SSSR count). The summed E-state index contributed by atoms with van der Waals surface area (Å²) in [4.78, 5) is 216. The number of benzene rings is 3. The number of nitrogens with two attached hydrogens (primary N) is 1. The molecule has 17 N–H and O–H groups in total. The van der Waals surface area contributed by atoms with Crippen molar-refractivity contribution in [3.8, 4) is 5.75 Å². The number of nitrogens with one attached hydrogen (secondary N) is 10. The van der Waals surface area contributed by atoms with Crippen LogP contribution in [-0.2, 0) is 125 Å². The van der Waals surface area contributed by atoms with E-state index in [-0.39, 0.29) is 139 Å². The van der Waals surface area contributed by atoms with Crippen LogP contribution in [0.2, 0.25) is 0 Å². The first kappa shape index (κ1) is 111. The van der Waals surface area contributed by atoms with E-state index in [2.05, 4.69) is 57.0 Å². The molecule has 0 aliphatic heterocycles. The van der Waals surface area contributed by atoms with E-state index in [1.165, 1.54) is 75.4 Å². The number of primary amides is 1. The van der Waals surface area contributed by atoms with Crippen LogP contribution in [0.25, 0.3) is 10.9 Å². The third-order valence-corrected chi connectivity index (χ3v) is 22.1. The summed E-state index contributed by atoms with van der Waals surface area (Å²) < 4.78 is 58.3. The Morgan fingerprint density at radius 2 is 0.908 bits per heavy atom. The number of nitrogens with zero attached hydrogens (tertiary/aromatic N) is 2. The molecule has 41 nitrogen and oxygen atoms in total. The highest BCUT2D eigenvalue weighted by Crippen LogP contribution is 2.23. The molecule has 0 unspecified atom stereocenters. The molecule has 722 valence electrons. The van der Waals surface area contributed by atoms with Crippen LogP contribution in [0, 0.1) is 0 Å². The lowest BCUT2D eigenvalue weighted by molar-refractivity contribution is -0.152.